The van der Waals surface area contributed by atoms with Gasteiger partial charge in [-0.3, -0.25) is 9.59 Å². The first-order valence-corrected chi connectivity index (χ1v) is 19.9. The molecule has 1 fully saturated rings. The number of esters is 2. The molecule has 3 aromatic rings. The van der Waals surface area contributed by atoms with E-state index in [4.69, 9.17) is 9.47 Å². The third-order valence-electron chi connectivity index (χ3n) is 12.2. The van der Waals surface area contributed by atoms with Gasteiger partial charge in [-0.1, -0.05) is 46.6 Å². The van der Waals surface area contributed by atoms with Gasteiger partial charge in [0.1, 0.15) is 12.5 Å². The van der Waals surface area contributed by atoms with E-state index >= 15 is 0 Å². The Morgan fingerprint density at radius 2 is 1.61 bits per heavy atom. The molecule has 0 unspecified atom stereocenters. The van der Waals surface area contributed by atoms with Crippen LogP contribution in [0.2, 0.25) is 0 Å². The van der Waals surface area contributed by atoms with E-state index in [1.165, 1.54) is 41.4 Å². The number of aliphatic hydroxyl groups excluding tert-OH is 1. The summed E-state index contributed by atoms with van der Waals surface area (Å²) in [5.74, 6) is -1.19. The zero-order valence-corrected chi connectivity index (χ0v) is 33.9. The van der Waals surface area contributed by atoms with E-state index in [2.05, 4.69) is 93.9 Å². The van der Waals surface area contributed by atoms with Gasteiger partial charge in [0.05, 0.1) is 18.9 Å². The molecule has 0 amide bonds. The molecule has 4 atom stereocenters. The number of methoxy groups -OCH3 is 1. The molecule has 0 saturated carbocycles. The first-order valence-electron chi connectivity index (χ1n) is 19.9. The number of carbonyl (C=O) groups is 2. The van der Waals surface area contributed by atoms with E-state index < -0.39 is 18.0 Å². The molecule has 2 aliphatic heterocycles. The highest BCUT2D eigenvalue weighted by atomic mass is 16.5. The van der Waals surface area contributed by atoms with Gasteiger partial charge in [0.25, 0.3) is 0 Å². The number of H-pyrrole nitrogens is 3. The summed E-state index contributed by atoms with van der Waals surface area (Å²) in [7, 11) is 1.37. The van der Waals surface area contributed by atoms with Crippen LogP contribution in [0, 0.1) is 44.4 Å². The summed E-state index contributed by atoms with van der Waals surface area (Å²) in [5.41, 5.74) is 13.9. The van der Waals surface area contributed by atoms with Crippen LogP contribution in [0.3, 0.4) is 0 Å². The second-order valence-electron chi connectivity index (χ2n) is 16.0. The Labute approximate surface area is 320 Å². The molecular formula is C45H60N4O5. The number of aromatic amines is 3. The maximum atomic E-state index is 13.6. The predicted octanol–water partition coefficient (Wildman–Crippen LogP) is 7.23. The second kappa shape index (κ2) is 16.1. The number of aromatic nitrogens is 3. The maximum Gasteiger partial charge on any atom is 0.316 e. The van der Waals surface area contributed by atoms with E-state index in [-0.39, 0.29) is 30.8 Å². The Hall–Kier alpha value is -4.50. The summed E-state index contributed by atoms with van der Waals surface area (Å²) in [6, 6.07) is 0. The molecule has 5 N–H and O–H groups in total. The van der Waals surface area contributed by atoms with Crippen molar-refractivity contribution in [3.63, 3.8) is 0 Å². The lowest BCUT2D eigenvalue weighted by Gasteiger charge is -2.21. The third-order valence-corrected chi connectivity index (χ3v) is 12.2. The van der Waals surface area contributed by atoms with Crippen molar-refractivity contribution >= 4 is 35.7 Å². The second-order valence-corrected chi connectivity index (χ2v) is 16.0. The molecule has 6 rings (SSSR count). The zero-order valence-electron chi connectivity index (χ0n) is 33.9. The third kappa shape index (κ3) is 7.31. The molecule has 1 aliphatic carbocycles. The van der Waals surface area contributed by atoms with Crippen molar-refractivity contribution in [2.75, 3.05) is 13.7 Å². The van der Waals surface area contributed by atoms with Crippen molar-refractivity contribution in [2.24, 2.45) is 23.7 Å². The van der Waals surface area contributed by atoms with E-state index in [0.29, 0.717) is 23.5 Å². The quantitative estimate of drug-likeness (QED) is 0.0985. The Kier molecular flexibility index (Phi) is 11.7. The Morgan fingerprint density at radius 3 is 2.30 bits per heavy atom. The minimum atomic E-state index is -1.10. The van der Waals surface area contributed by atoms with Crippen molar-refractivity contribution < 1.29 is 24.2 Å². The van der Waals surface area contributed by atoms with Gasteiger partial charge in [-0.25, -0.2) is 0 Å². The van der Waals surface area contributed by atoms with Crippen molar-refractivity contribution in [1.29, 1.82) is 0 Å². The molecule has 9 nitrogen and oxygen atoms in total. The molecular weight excluding hydrogens is 677 g/mol. The fraction of sp³-hybridized carbons (Fsp3) is 0.511. The minimum absolute atomic E-state index is 0.0271. The van der Waals surface area contributed by atoms with Gasteiger partial charge >= 0.3 is 11.9 Å². The summed E-state index contributed by atoms with van der Waals surface area (Å²) < 4.78 is 11.0. The summed E-state index contributed by atoms with van der Waals surface area (Å²) >= 11 is 0. The Morgan fingerprint density at radius 1 is 0.907 bits per heavy atom. The SMILES string of the molecule is CCc1c2[nH]c(c1C)/C=C1\N/C(=C3\c4[nH]c(c(C)c4[C@@H](O)[C@@H]3C(=O)OC)/C=c3\[nH]/c(c(C)c3CC)=C\2)[C@@H](CCC(=O)OC/C=C(\C)CCCC(C)C)[C@@H]1C. The summed E-state index contributed by atoms with van der Waals surface area (Å²) in [6.45, 7) is 19.7. The molecule has 290 valence electrons. The highest BCUT2D eigenvalue weighted by Crippen LogP contribution is 2.52. The van der Waals surface area contributed by atoms with Crippen LogP contribution >= 0.6 is 0 Å². The van der Waals surface area contributed by atoms with E-state index in [0.717, 1.165) is 76.1 Å². The molecule has 1 saturated heterocycles. The fourth-order valence-corrected chi connectivity index (χ4v) is 8.93. The number of hydrogen-bond acceptors (Lipinski definition) is 6. The maximum absolute atomic E-state index is 13.6. The highest BCUT2D eigenvalue weighted by Gasteiger charge is 2.48. The predicted molar refractivity (Wildman–Crippen MR) is 216 cm³/mol. The number of carbonyl (C=O) groups excluding carboxylic acids is 2. The van der Waals surface area contributed by atoms with Gasteiger partial charge in [0.15, 0.2) is 0 Å². The number of hydrogen-bond donors (Lipinski definition) is 5. The van der Waals surface area contributed by atoms with Crippen molar-refractivity contribution in [1.82, 2.24) is 20.3 Å². The summed E-state index contributed by atoms with van der Waals surface area (Å²) in [4.78, 5) is 37.9. The van der Waals surface area contributed by atoms with E-state index in [9.17, 15) is 14.7 Å². The Bertz CT molecular complexity index is 2150. The standard InChI is InChI=1S/C45H60N4O5/c1-11-29-25(6)32-20-34-27(8)31(16-17-38(50)54-19-18-24(5)15-13-14-23(3)4)42(48-34)40-41(45(52)53-10)44(51)39-28(9)35(49-43(39)40)22-37-30(12-2)26(7)33(47-37)21-36(29)46-32/h18,20-23,27,31,41,44,46-49,51H,11-17,19H2,1-10H3/b24-18+,33-21-,34-20-,37-22-,42-40-/t27-,31-,41+,44+/m0/s1. The molecule has 3 aliphatic rings. The van der Waals surface area contributed by atoms with Gasteiger partial charge < -0.3 is 34.8 Å². The lowest BCUT2D eigenvalue weighted by Crippen LogP contribution is -2.24. The number of aliphatic hydroxyl groups is 1. The van der Waals surface area contributed by atoms with Gasteiger partial charge in [0.2, 0.25) is 0 Å². The number of rotatable bonds is 12. The molecule has 54 heavy (non-hydrogen) atoms. The highest BCUT2D eigenvalue weighted by molar-refractivity contribution is 5.95. The first kappa shape index (κ1) is 39.2. The molecule has 0 radical (unpaired) electrons. The van der Waals surface area contributed by atoms with Gasteiger partial charge in [-0.05, 0) is 118 Å². The van der Waals surface area contributed by atoms with Gasteiger partial charge in [-0.15, -0.1) is 0 Å². The summed E-state index contributed by atoms with van der Waals surface area (Å²) in [5, 5.41) is 17.8. The van der Waals surface area contributed by atoms with Gasteiger partial charge in [-0.2, -0.15) is 0 Å². The van der Waals surface area contributed by atoms with Crippen LogP contribution in [0.25, 0.3) is 23.8 Å². The normalized spacial score (nSPS) is 24.1. The molecule has 0 aromatic carbocycles. The van der Waals surface area contributed by atoms with Gasteiger partial charge in [0, 0.05) is 68.6 Å². The van der Waals surface area contributed by atoms with Crippen molar-refractivity contribution in [2.45, 2.75) is 113 Å². The number of ether oxygens (including phenoxy) is 2. The Balaban J connectivity index is 1.47. The average molecular weight is 737 g/mol. The van der Waals surface area contributed by atoms with Crippen LogP contribution in [0.15, 0.2) is 23.0 Å². The molecule has 9 heteroatoms. The van der Waals surface area contributed by atoms with Crippen molar-refractivity contribution in [3.05, 3.63) is 89.9 Å². The summed E-state index contributed by atoms with van der Waals surface area (Å²) in [6.07, 6.45) is 13.2. The van der Waals surface area contributed by atoms with E-state index in [1.54, 1.807) is 0 Å². The van der Waals surface area contributed by atoms with Crippen molar-refractivity contribution in [3.8, 4) is 0 Å². The van der Waals surface area contributed by atoms with Crippen LogP contribution in [0.5, 0.6) is 0 Å². The smallest absolute Gasteiger partial charge is 0.316 e. The first-order chi connectivity index (χ1) is 25.8. The number of allylic oxidation sites excluding steroid dienone is 3. The average Bonchev–Trinajstić information content (AvgIpc) is 3.87. The molecule has 0 spiro atoms. The van der Waals surface area contributed by atoms with E-state index in [1.807, 2.05) is 13.0 Å². The number of nitrogens with one attached hydrogen (secondary N) is 4. The molecule has 5 heterocycles. The van der Waals surface area contributed by atoms with Crippen LogP contribution in [-0.2, 0) is 31.9 Å². The van der Waals surface area contributed by atoms with Crippen LogP contribution in [-0.4, -0.2) is 45.7 Å². The number of fused-ring (bicyclic) bond motifs is 7. The van der Waals surface area contributed by atoms with Crippen LogP contribution in [0.4, 0.5) is 0 Å². The van der Waals surface area contributed by atoms with Crippen LogP contribution in [0.1, 0.15) is 136 Å². The fourth-order valence-electron chi connectivity index (χ4n) is 8.93. The topological polar surface area (TPSA) is 132 Å². The zero-order chi connectivity index (χ0) is 39.0. The minimum Gasteiger partial charge on any atom is -0.468 e. The van der Waals surface area contributed by atoms with Crippen LogP contribution < -0.4 is 16.0 Å². The largest absolute Gasteiger partial charge is 0.468 e. The molecule has 3 aromatic heterocycles. The monoisotopic (exact) mass is 736 g/mol. The molecule has 8 bridgehead atoms. The lowest BCUT2D eigenvalue weighted by atomic mass is 9.84. The lowest BCUT2D eigenvalue weighted by molar-refractivity contribution is -0.146.